The maximum atomic E-state index is 4.33. The van der Waals surface area contributed by atoms with Gasteiger partial charge in [0.25, 0.3) is 0 Å². The third-order valence-electron chi connectivity index (χ3n) is 4.94. The van der Waals surface area contributed by atoms with Crippen molar-refractivity contribution in [1.29, 1.82) is 0 Å². The van der Waals surface area contributed by atoms with Crippen LogP contribution in [0.4, 0.5) is 0 Å². The number of nitrogens with zero attached hydrogens (tertiary/aromatic N) is 4. The summed E-state index contributed by atoms with van der Waals surface area (Å²) in [5, 5.41) is 1.11. The summed E-state index contributed by atoms with van der Waals surface area (Å²) in [6, 6.07) is 0. The van der Waals surface area contributed by atoms with E-state index in [1.807, 2.05) is 7.05 Å². The van der Waals surface area contributed by atoms with Crippen molar-refractivity contribution in [3.05, 3.63) is 47.7 Å². The molecular formula is C26H48N4S. The quantitative estimate of drug-likeness (QED) is 0.124. The summed E-state index contributed by atoms with van der Waals surface area (Å²) >= 11 is 1.79. The Kier molecular flexibility index (Phi) is 18.6. The average molecular weight is 449 g/mol. The summed E-state index contributed by atoms with van der Waals surface area (Å²) in [7, 11) is 6.16. The molecule has 0 amide bonds. The number of thioether (sulfide) groups is 1. The molecule has 0 atom stereocenters. The predicted octanol–water partition coefficient (Wildman–Crippen LogP) is 6.06. The van der Waals surface area contributed by atoms with Crippen LogP contribution in [-0.4, -0.2) is 79.5 Å². The molecule has 0 aliphatic heterocycles. The van der Waals surface area contributed by atoms with Crippen LogP contribution < -0.4 is 0 Å². The first-order valence-corrected chi connectivity index (χ1v) is 12.7. The summed E-state index contributed by atoms with van der Waals surface area (Å²) in [4.78, 5) is 11.6. The van der Waals surface area contributed by atoms with Crippen LogP contribution in [-0.2, 0) is 0 Å². The van der Waals surface area contributed by atoms with Gasteiger partial charge < -0.3 is 9.80 Å². The van der Waals surface area contributed by atoms with E-state index in [1.165, 1.54) is 24.1 Å². The lowest BCUT2D eigenvalue weighted by molar-refractivity contribution is 0.163. The van der Waals surface area contributed by atoms with Crippen molar-refractivity contribution >= 4 is 16.8 Å². The zero-order chi connectivity index (χ0) is 23.5. The predicted molar refractivity (Wildman–Crippen MR) is 144 cm³/mol. The molecule has 0 unspecified atom stereocenters. The van der Waals surface area contributed by atoms with Crippen molar-refractivity contribution in [2.75, 3.05) is 59.7 Å². The highest BCUT2D eigenvalue weighted by molar-refractivity contribution is 8.14. The van der Waals surface area contributed by atoms with Gasteiger partial charge in [0.1, 0.15) is 0 Å². The van der Waals surface area contributed by atoms with Crippen molar-refractivity contribution in [3.8, 4) is 0 Å². The van der Waals surface area contributed by atoms with Gasteiger partial charge in [0.2, 0.25) is 0 Å². The Morgan fingerprint density at radius 3 is 2.29 bits per heavy atom. The molecule has 0 heterocycles. The zero-order valence-corrected chi connectivity index (χ0v) is 22.3. The van der Waals surface area contributed by atoms with E-state index in [4.69, 9.17) is 0 Å². The molecule has 0 fully saturated rings. The maximum Gasteiger partial charge on any atom is 0.0900 e. The van der Waals surface area contributed by atoms with Crippen LogP contribution in [0.15, 0.2) is 52.7 Å². The standard InChI is InChI=1S/C26H48N4S/c1-9-18-29(20-16-19-28(7)8)23-30(25(5)10-2)21-15-13-12-14-17-24(4)22-26(27-6)31-11-3/h10,12-15,22H,9,11,16-21,23H2,1-8H3/b14-12-,15-13-,24-22+,25-10+,27-26?. The monoisotopic (exact) mass is 448 g/mol. The molecule has 5 heteroatoms. The molecule has 178 valence electrons. The second kappa shape index (κ2) is 19.4. The van der Waals surface area contributed by atoms with E-state index < -0.39 is 0 Å². The fourth-order valence-corrected chi connectivity index (χ4v) is 3.81. The molecule has 0 saturated carbocycles. The Morgan fingerprint density at radius 2 is 1.71 bits per heavy atom. The molecule has 0 bridgehead atoms. The van der Waals surface area contributed by atoms with Gasteiger partial charge in [0.05, 0.1) is 11.7 Å². The number of hydrogen-bond acceptors (Lipinski definition) is 5. The van der Waals surface area contributed by atoms with Crippen LogP contribution in [0.5, 0.6) is 0 Å². The molecule has 0 aromatic rings. The highest BCUT2D eigenvalue weighted by Gasteiger charge is 2.10. The summed E-state index contributed by atoms with van der Waals surface area (Å²) in [6.45, 7) is 16.3. The first-order valence-electron chi connectivity index (χ1n) is 11.7. The van der Waals surface area contributed by atoms with Gasteiger partial charge in [-0.15, -0.1) is 11.8 Å². The number of allylic oxidation sites excluding steroid dienone is 6. The summed E-state index contributed by atoms with van der Waals surface area (Å²) < 4.78 is 0. The summed E-state index contributed by atoms with van der Waals surface area (Å²) in [6.07, 6.45) is 16.6. The van der Waals surface area contributed by atoms with Gasteiger partial charge >= 0.3 is 0 Å². The second-order valence-corrected chi connectivity index (χ2v) is 9.40. The first kappa shape index (κ1) is 29.7. The van der Waals surface area contributed by atoms with Gasteiger partial charge in [-0.05, 0) is 79.0 Å². The lowest BCUT2D eigenvalue weighted by Gasteiger charge is -2.32. The zero-order valence-electron chi connectivity index (χ0n) is 21.5. The molecule has 0 saturated heterocycles. The molecular weight excluding hydrogens is 400 g/mol. The van der Waals surface area contributed by atoms with Crippen molar-refractivity contribution < 1.29 is 0 Å². The molecule has 0 radical (unpaired) electrons. The van der Waals surface area contributed by atoms with E-state index in [-0.39, 0.29) is 0 Å². The highest BCUT2D eigenvalue weighted by atomic mass is 32.2. The molecule has 0 aromatic carbocycles. The lowest BCUT2D eigenvalue weighted by Crippen LogP contribution is -2.38. The molecule has 0 aliphatic rings. The van der Waals surface area contributed by atoms with Gasteiger partial charge in [0.15, 0.2) is 0 Å². The molecule has 0 spiro atoms. The van der Waals surface area contributed by atoms with Gasteiger partial charge in [-0.25, -0.2) is 0 Å². The van der Waals surface area contributed by atoms with Gasteiger partial charge in [-0.1, -0.05) is 49.8 Å². The van der Waals surface area contributed by atoms with Gasteiger partial charge in [-0.3, -0.25) is 9.89 Å². The maximum absolute atomic E-state index is 4.33. The average Bonchev–Trinajstić information content (AvgIpc) is 2.73. The summed E-state index contributed by atoms with van der Waals surface area (Å²) in [5.74, 6) is 1.06. The second-order valence-electron chi connectivity index (χ2n) is 8.11. The van der Waals surface area contributed by atoms with Gasteiger partial charge in [0, 0.05) is 25.8 Å². The number of rotatable bonds is 16. The van der Waals surface area contributed by atoms with E-state index in [0.717, 1.165) is 50.1 Å². The van der Waals surface area contributed by atoms with Crippen LogP contribution in [0.25, 0.3) is 0 Å². The van der Waals surface area contributed by atoms with E-state index in [9.17, 15) is 0 Å². The minimum atomic E-state index is 0.934. The van der Waals surface area contributed by atoms with E-state index in [1.54, 1.807) is 11.8 Å². The largest absolute Gasteiger partial charge is 0.359 e. The van der Waals surface area contributed by atoms with Crippen LogP contribution >= 0.6 is 11.8 Å². The molecule has 0 aliphatic carbocycles. The fourth-order valence-electron chi connectivity index (χ4n) is 3.10. The lowest BCUT2D eigenvalue weighted by atomic mass is 10.2. The Bertz CT molecular complexity index is 603. The normalized spacial score (nSPS) is 14.1. The fraction of sp³-hybridized carbons (Fsp3) is 0.654. The van der Waals surface area contributed by atoms with E-state index >= 15 is 0 Å². The molecule has 0 rings (SSSR count). The Morgan fingerprint density at radius 1 is 1.00 bits per heavy atom. The molecule has 31 heavy (non-hydrogen) atoms. The molecule has 0 N–H and O–H groups in total. The number of hydrogen-bond donors (Lipinski definition) is 0. The minimum absolute atomic E-state index is 0.934. The van der Waals surface area contributed by atoms with Crippen LogP contribution in [0.1, 0.15) is 53.9 Å². The number of aliphatic imine (C=N–C) groups is 1. The first-order chi connectivity index (χ1) is 14.9. The van der Waals surface area contributed by atoms with Crippen LogP contribution in [0, 0.1) is 0 Å². The van der Waals surface area contributed by atoms with Gasteiger partial charge in [-0.2, -0.15) is 0 Å². The Labute approximate surface area is 197 Å². The topological polar surface area (TPSA) is 22.1 Å². The third kappa shape index (κ3) is 16.1. The van der Waals surface area contributed by atoms with E-state index in [2.05, 4.69) is 105 Å². The van der Waals surface area contributed by atoms with E-state index in [0.29, 0.717) is 0 Å². The Balaban J connectivity index is 4.75. The Hall–Kier alpha value is -1.30. The van der Waals surface area contributed by atoms with Crippen molar-refractivity contribution in [2.45, 2.75) is 53.9 Å². The van der Waals surface area contributed by atoms with Crippen LogP contribution in [0.2, 0.25) is 0 Å². The smallest absolute Gasteiger partial charge is 0.0900 e. The third-order valence-corrected chi connectivity index (χ3v) is 5.82. The van der Waals surface area contributed by atoms with Crippen molar-refractivity contribution in [2.24, 2.45) is 4.99 Å². The molecule has 4 nitrogen and oxygen atoms in total. The minimum Gasteiger partial charge on any atom is -0.359 e. The van der Waals surface area contributed by atoms with Crippen molar-refractivity contribution in [3.63, 3.8) is 0 Å². The summed E-state index contributed by atoms with van der Waals surface area (Å²) in [5.41, 5.74) is 2.67. The SMILES string of the molecule is C/C=C(\C)N(C/C=C\C=C/C/C(C)=C/C(=NC)SCC)CN(CCC)CCCN(C)C. The van der Waals surface area contributed by atoms with Crippen LogP contribution in [0.3, 0.4) is 0 Å². The molecule has 0 aromatic heterocycles. The highest BCUT2D eigenvalue weighted by Crippen LogP contribution is 2.10. The van der Waals surface area contributed by atoms with Crippen molar-refractivity contribution in [1.82, 2.24) is 14.7 Å².